The summed E-state index contributed by atoms with van der Waals surface area (Å²) in [7, 11) is 0. The number of carboxylic acid groups (broad SMARTS) is 1. The van der Waals surface area contributed by atoms with Crippen LogP contribution >= 0.6 is 0 Å². The molecule has 0 aliphatic carbocycles. The van der Waals surface area contributed by atoms with Crippen LogP contribution in [0.1, 0.15) is 181 Å². The maximum Gasteiger partial charge on any atom is 0.335 e. The van der Waals surface area contributed by atoms with E-state index in [0.717, 1.165) is 38.5 Å². The molecule has 0 amide bonds. The van der Waals surface area contributed by atoms with Gasteiger partial charge in [-0.15, -0.1) is 0 Å². The molecule has 11 nitrogen and oxygen atoms in total. The van der Waals surface area contributed by atoms with Crippen molar-refractivity contribution in [2.75, 3.05) is 13.2 Å². The Labute approximate surface area is 302 Å². The average Bonchev–Trinajstić information content (AvgIpc) is 3.09. The zero-order valence-electron chi connectivity index (χ0n) is 31.4. The zero-order valence-corrected chi connectivity index (χ0v) is 31.4. The lowest BCUT2D eigenvalue weighted by Crippen LogP contribution is -2.60. The fraction of sp³-hybridized carbons (Fsp3) is 0.923. The molecule has 1 aliphatic heterocycles. The summed E-state index contributed by atoms with van der Waals surface area (Å²) >= 11 is 0. The highest BCUT2D eigenvalue weighted by atomic mass is 16.7. The van der Waals surface area contributed by atoms with E-state index in [9.17, 15) is 34.8 Å². The van der Waals surface area contributed by atoms with Crippen LogP contribution in [0.25, 0.3) is 0 Å². The predicted molar refractivity (Wildman–Crippen MR) is 192 cm³/mol. The third kappa shape index (κ3) is 22.9. The van der Waals surface area contributed by atoms with E-state index in [2.05, 4.69) is 13.8 Å². The molecule has 1 heterocycles. The largest absolute Gasteiger partial charge is 0.479 e. The Hall–Kier alpha value is -1.79. The lowest BCUT2D eigenvalue weighted by atomic mass is 9.99. The molecule has 4 N–H and O–H groups in total. The zero-order chi connectivity index (χ0) is 36.8. The molecule has 1 saturated heterocycles. The molecule has 0 saturated carbocycles. The first-order chi connectivity index (χ1) is 24.2. The molecule has 0 spiro atoms. The summed E-state index contributed by atoms with van der Waals surface area (Å²) in [5.41, 5.74) is 0. The van der Waals surface area contributed by atoms with E-state index < -0.39 is 54.7 Å². The Morgan fingerprint density at radius 2 is 0.940 bits per heavy atom. The van der Waals surface area contributed by atoms with Crippen molar-refractivity contribution in [1.82, 2.24) is 0 Å². The Bertz CT molecular complexity index is 854. The number of rotatable bonds is 33. The molecule has 11 heteroatoms. The molecule has 0 radical (unpaired) electrons. The van der Waals surface area contributed by atoms with Crippen molar-refractivity contribution >= 4 is 17.9 Å². The van der Waals surface area contributed by atoms with Gasteiger partial charge in [0, 0.05) is 12.8 Å². The summed E-state index contributed by atoms with van der Waals surface area (Å²) in [5, 5.41) is 39.6. The van der Waals surface area contributed by atoms with E-state index in [4.69, 9.17) is 18.9 Å². The SMILES string of the molecule is CCCCCCCCCCCCCCC(=O)OCC(COC1OC(C(=O)O)C(O)C(O)C1O)OC(=O)CCCCCCCCCCCCCC. The van der Waals surface area contributed by atoms with Crippen molar-refractivity contribution in [2.45, 2.75) is 218 Å². The van der Waals surface area contributed by atoms with Crippen LogP contribution in [0, 0.1) is 0 Å². The van der Waals surface area contributed by atoms with Gasteiger partial charge in [0.25, 0.3) is 0 Å². The van der Waals surface area contributed by atoms with E-state index in [1.54, 1.807) is 0 Å². The van der Waals surface area contributed by atoms with Crippen LogP contribution < -0.4 is 0 Å². The number of carboxylic acids is 1. The summed E-state index contributed by atoms with van der Waals surface area (Å²) in [6.45, 7) is 3.79. The highest BCUT2D eigenvalue weighted by Crippen LogP contribution is 2.23. The first-order valence-corrected chi connectivity index (χ1v) is 20.1. The summed E-state index contributed by atoms with van der Waals surface area (Å²) in [6, 6.07) is 0. The highest BCUT2D eigenvalue weighted by Gasteiger charge is 2.47. The van der Waals surface area contributed by atoms with Crippen LogP contribution in [0.4, 0.5) is 0 Å². The van der Waals surface area contributed by atoms with Crippen LogP contribution in [0.3, 0.4) is 0 Å². The van der Waals surface area contributed by atoms with Gasteiger partial charge >= 0.3 is 17.9 Å². The van der Waals surface area contributed by atoms with E-state index in [1.165, 1.54) is 103 Å². The normalized spacial score (nSPS) is 21.2. The van der Waals surface area contributed by atoms with Crippen LogP contribution in [-0.4, -0.2) is 88.4 Å². The molecule has 6 atom stereocenters. The van der Waals surface area contributed by atoms with Gasteiger partial charge in [-0.25, -0.2) is 4.79 Å². The maximum absolute atomic E-state index is 12.7. The van der Waals surface area contributed by atoms with Gasteiger partial charge in [0.1, 0.15) is 24.9 Å². The highest BCUT2D eigenvalue weighted by molar-refractivity contribution is 5.73. The van der Waals surface area contributed by atoms with E-state index >= 15 is 0 Å². The van der Waals surface area contributed by atoms with Gasteiger partial charge in [-0.3, -0.25) is 9.59 Å². The number of hydrogen-bond donors (Lipinski definition) is 4. The topological polar surface area (TPSA) is 169 Å². The van der Waals surface area contributed by atoms with Crippen molar-refractivity contribution in [2.24, 2.45) is 0 Å². The number of ether oxygens (including phenoxy) is 4. The molecule has 1 fully saturated rings. The molecule has 0 bridgehead atoms. The van der Waals surface area contributed by atoms with Gasteiger partial charge in [-0.2, -0.15) is 0 Å². The molecule has 50 heavy (non-hydrogen) atoms. The molecule has 0 aromatic heterocycles. The minimum Gasteiger partial charge on any atom is -0.479 e. The van der Waals surface area contributed by atoms with Crippen molar-refractivity contribution in [1.29, 1.82) is 0 Å². The Morgan fingerprint density at radius 3 is 1.36 bits per heavy atom. The second kappa shape index (κ2) is 30.8. The molecule has 0 aromatic carbocycles. The second-order valence-electron chi connectivity index (χ2n) is 14.1. The van der Waals surface area contributed by atoms with Gasteiger partial charge in [-0.1, -0.05) is 155 Å². The van der Waals surface area contributed by atoms with Crippen LogP contribution in [-0.2, 0) is 33.3 Å². The van der Waals surface area contributed by atoms with Crippen molar-refractivity contribution in [3.63, 3.8) is 0 Å². The molecule has 1 aliphatic rings. The monoisotopic (exact) mass is 717 g/mol. The van der Waals surface area contributed by atoms with Gasteiger partial charge in [0.05, 0.1) is 6.61 Å². The van der Waals surface area contributed by atoms with Crippen molar-refractivity contribution in [3.05, 3.63) is 0 Å². The van der Waals surface area contributed by atoms with Gasteiger partial charge in [0.15, 0.2) is 18.5 Å². The fourth-order valence-electron chi connectivity index (χ4n) is 6.23. The number of carbonyl (C=O) groups is 3. The number of esters is 2. The number of carbonyl (C=O) groups excluding carboxylic acids is 2. The number of hydrogen-bond acceptors (Lipinski definition) is 10. The first kappa shape index (κ1) is 46.2. The van der Waals surface area contributed by atoms with Gasteiger partial charge < -0.3 is 39.4 Å². The van der Waals surface area contributed by atoms with Crippen molar-refractivity contribution in [3.8, 4) is 0 Å². The molecular weight excluding hydrogens is 644 g/mol. The first-order valence-electron chi connectivity index (χ1n) is 20.1. The predicted octanol–water partition coefficient (Wildman–Crippen LogP) is 7.53. The fourth-order valence-corrected chi connectivity index (χ4v) is 6.23. The quantitative estimate of drug-likeness (QED) is 0.0391. The standard InChI is InChI=1S/C39H72O11/c1-3-5-7-9-11-13-15-17-19-21-23-25-27-32(40)47-29-31(30-48-39-36(44)34(42)35(43)37(50-39)38(45)46)49-33(41)28-26-24-22-20-18-16-14-12-10-8-6-4-2/h31,34-37,39,42-44H,3-30H2,1-2H3,(H,45,46). The molecule has 6 unspecified atom stereocenters. The Balaban J connectivity index is 2.42. The smallest absolute Gasteiger partial charge is 0.335 e. The molecule has 0 aromatic rings. The van der Waals surface area contributed by atoms with E-state index in [0.29, 0.717) is 12.8 Å². The maximum atomic E-state index is 12.7. The average molecular weight is 717 g/mol. The number of aliphatic hydroxyl groups excluding tert-OH is 3. The van der Waals surface area contributed by atoms with E-state index in [-0.39, 0.29) is 26.1 Å². The summed E-state index contributed by atoms with van der Waals surface area (Å²) in [5.74, 6) is -2.43. The molecule has 1 rings (SSSR count). The second-order valence-corrected chi connectivity index (χ2v) is 14.1. The van der Waals surface area contributed by atoms with Crippen LogP contribution in [0.5, 0.6) is 0 Å². The minimum absolute atomic E-state index is 0.190. The van der Waals surface area contributed by atoms with Crippen LogP contribution in [0.2, 0.25) is 0 Å². The van der Waals surface area contributed by atoms with Crippen molar-refractivity contribution < 1.29 is 53.8 Å². The third-order valence-electron chi connectivity index (χ3n) is 9.46. The molecular formula is C39H72O11. The van der Waals surface area contributed by atoms with Gasteiger partial charge in [0.2, 0.25) is 0 Å². The van der Waals surface area contributed by atoms with Crippen LogP contribution in [0.15, 0.2) is 0 Å². The lowest BCUT2D eigenvalue weighted by molar-refractivity contribution is -0.298. The third-order valence-corrected chi connectivity index (χ3v) is 9.46. The Kier molecular flexibility index (Phi) is 28.5. The lowest BCUT2D eigenvalue weighted by Gasteiger charge is -2.38. The van der Waals surface area contributed by atoms with E-state index in [1.807, 2.05) is 0 Å². The number of aliphatic hydroxyl groups is 3. The summed E-state index contributed by atoms with van der Waals surface area (Å²) in [4.78, 5) is 36.6. The summed E-state index contributed by atoms with van der Waals surface area (Å²) < 4.78 is 21.6. The minimum atomic E-state index is -1.85. The number of aliphatic carboxylic acids is 1. The summed E-state index contributed by atoms with van der Waals surface area (Å²) in [6.07, 6.45) is 18.8. The number of unbranched alkanes of at least 4 members (excludes halogenated alkanes) is 22. The molecule has 294 valence electrons. The Morgan fingerprint density at radius 1 is 0.540 bits per heavy atom. The van der Waals surface area contributed by atoms with Gasteiger partial charge in [-0.05, 0) is 12.8 Å².